The van der Waals surface area contributed by atoms with E-state index in [0.717, 1.165) is 12.5 Å². The number of rotatable bonds is 7. The third-order valence-corrected chi connectivity index (χ3v) is 3.72. The molecule has 96 valence electrons. The van der Waals surface area contributed by atoms with Crippen molar-refractivity contribution in [2.45, 2.75) is 52.4 Å². The molecule has 2 heteroatoms. The number of nitrogens with one attached hydrogen (secondary N) is 1. The molecule has 1 unspecified atom stereocenters. The minimum atomic E-state index is 1.02. The molecule has 0 amide bonds. The lowest BCUT2D eigenvalue weighted by Gasteiger charge is -2.20. The Labute approximate surface area is 102 Å². The molecule has 1 aliphatic rings. The molecule has 0 bridgehead atoms. The lowest BCUT2D eigenvalue weighted by Crippen LogP contribution is -2.28. The number of hydrogen-bond donors (Lipinski definition) is 1. The van der Waals surface area contributed by atoms with Crippen LogP contribution in [0.1, 0.15) is 52.4 Å². The molecule has 0 saturated carbocycles. The summed E-state index contributed by atoms with van der Waals surface area (Å²) >= 11 is 0. The van der Waals surface area contributed by atoms with Crippen LogP contribution in [0.2, 0.25) is 0 Å². The van der Waals surface area contributed by atoms with Gasteiger partial charge in [0.2, 0.25) is 0 Å². The van der Waals surface area contributed by atoms with Gasteiger partial charge in [-0.25, -0.2) is 0 Å². The van der Waals surface area contributed by atoms with Crippen LogP contribution in [0, 0.1) is 5.92 Å². The summed E-state index contributed by atoms with van der Waals surface area (Å²) in [5, 5.41) is 3.41. The second kappa shape index (κ2) is 9.00. The van der Waals surface area contributed by atoms with Gasteiger partial charge in [0, 0.05) is 0 Å². The molecule has 1 saturated heterocycles. The minimum absolute atomic E-state index is 1.02. The molecule has 1 rings (SSSR count). The first-order valence-electron chi connectivity index (χ1n) is 7.29. The van der Waals surface area contributed by atoms with Crippen molar-refractivity contribution >= 4 is 0 Å². The van der Waals surface area contributed by atoms with Crippen LogP contribution in [0.5, 0.6) is 0 Å². The molecule has 1 N–H and O–H groups in total. The van der Waals surface area contributed by atoms with Crippen LogP contribution >= 0.6 is 0 Å². The zero-order valence-corrected chi connectivity index (χ0v) is 11.3. The second-order valence-corrected chi connectivity index (χ2v) is 5.13. The summed E-state index contributed by atoms with van der Waals surface area (Å²) < 4.78 is 0. The Hall–Kier alpha value is -0.0800. The summed E-state index contributed by atoms with van der Waals surface area (Å²) in [4.78, 5) is 2.67. The van der Waals surface area contributed by atoms with Gasteiger partial charge in [0.15, 0.2) is 0 Å². The van der Waals surface area contributed by atoms with Gasteiger partial charge in [0.25, 0.3) is 0 Å². The Morgan fingerprint density at radius 1 is 1.19 bits per heavy atom. The maximum absolute atomic E-state index is 3.41. The third kappa shape index (κ3) is 5.86. The topological polar surface area (TPSA) is 15.3 Å². The van der Waals surface area contributed by atoms with Crippen LogP contribution in [0.25, 0.3) is 0 Å². The molecule has 0 radical (unpaired) electrons. The van der Waals surface area contributed by atoms with E-state index in [9.17, 15) is 0 Å². The monoisotopic (exact) mass is 226 g/mol. The lowest BCUT2D eigenvalue weighted by molar-refractivity contribution is 0.275. The van der Waals surface area contributed by atoms with Gasteiger partial charge in [-0.2, -0.15) is 0 Å². The smallest absolute Gasteiger partial charge is 0.000664 e. The van der Waals surface area contributed by atoms with Crippen molar-refractivity contribution in [3.63, 3.8) is 0 Å². The predicted molar refractivity (Wildman–Crippen MR) is 71.8 cm³/mol. The first-order chi connectivity index (χ1) is 7.86. The first-order valence-corrected chi connectivity index (χ1v) is 7.29. The molecule has 0 aliphatic carbocycles. The largest absolute Gasteiger partial charge is 0.317 e. The highest BCUT2D eigenvalue weighted by molar-refractivity contribution is 4.70. The third-order valence-electron chi connectivity index (χ3n) is 3.72. The minimum Gasteiger partial charge on any atom is -0.317 e. The van der Waals surface area contributed by atoms with E-state index in [0.29, 0.717) is 0 Å². The highest BCUT2D eigenvalue weighted by atomic mass is 15.1. The Balaban J connectivity index is 2.10. The molecule has 0 aromatic rings. The van der Waals surface area contributed by atoms with Gasteiger partial charge in [-0.3, -0.25) is 0 Å². The van der Waals surface area contributed by atoms with Crippen molar-refractivity contribution in [2.24, 2.45) is 5.92 Å². The van der Waals surface area contributed by atoms with Crippen molar-refractivity contribution in [3.05, 3.63) is 0 Å². The first kappa shape index (κ1) is 14.0. The Morgan fingerprint density at radius 3 is 2.81 bits per heavy atom. The Bertz CT molecular complexity index is 159. The van der Waals surface area contributed by atoms with Crippen LogP contribution < -0.4 is 5.32 Å². The second-order valence-electron chi connectivity index (χ2n) is 5.13. The van der Waals surface area contributed by atoms with Gasteiger partial charge in [-0.15, -0.1) is 0 Å². The van der Waals surface area contributed by atoms with Gasteiger partial charge in [0.1, 0.15) is 0 Å². The molecular weight excluding hydrogens is 196 g/mol. The summed E-state index contributed by atoms with van der Waals surface area (Å²) in [6.07, 6.45) is 8.46. The summed E-state index contributed by atoms with van der Waals surface area (Å²) in [5.74, 6) is 1.02. The van der Waals surface area contributed by atoms with E-state index < -0.39 is 0 Å². The summed E-state index contributed by atoms with van der Waals surface area (Å²) in [6, 6.07) is 0. The van der Waals surface area contributed by atoms with Gasteiger partial charge in [-0.1, -0.05) is 26.7 Å². The molecule has 0 aromatic carbocycles. The number of likely N-dealkylation sites (tertiary alicyclic amines) is 1. The summed E-state index contributed by atoms with van der Waals surface area (Å²) in [6.45, 7) is 10.8. The maximum atomic E-state index is 3.41. The van der Waals surface area contributed by atoms with E-state index in [2.05, 4.69) is 24.1 Å². The van der Waals surface area contributed by atoms with Crippen LogP contribution in [0.15, 0.2) is 0 Å². The molecule has 2 nitrogen and oxygen atoms in total. The van der Waals surface area contributed by atoms with Crippen LogP contribution in [-0.2, 0) is 0 Å². The fourth-order valence-electron chi connectivity index (χ4n) is 2.75. The van der Waals surface area contributed by atoms with Gasteiger partial charge in [0.05, 0.1) is 0 Å². The van der Waals surface area contributed by atoms with E-state index in [1.54, 1.807) is 0 Å². The van der Waals surface area contributed by atoms with E-state index in [4.69, 9.17) is 0 Å². The number of hydrogen-bond acceptors (Lipinski definition) is 2. The fourth-order valence-corrected chi connectivity index (χ4v) is 2.75. The van der Waals surface area contributed by atoms with Gasteiger partial charge >= 0.3 is 0 Å². The highest BCUT2D eigenvalue weighted by Gasteiger charge is 2.15. The van der Waals surface area contributed by atoms with E-state index in [1.807, 2.05) is 0 Å². The van der Waals surface area contributed by atoms with Crippen molar-refractivity contribution in [1.29, 1.82) is 0 Å². The van der Waals surface area contributed by atoms with Crippen molar-refractivity contribution in [2.75, 3.05) is 32.7 Å². The van der Waals surface area contributed by atoms with Crippen LogP contribution in [0.3, 0.4) is 0 Å². The predicted octanol–water partition coefficient (Wildman–Crippen LogP) is 2.89. The average molecular weight is 226 g/mol. The lowest BCUT2D eigenvalue weighted by atomic mass is 9.96. The standard InChI is InChI=1S/C14H30N2/c1-3-7-14-8-5-11-16(13-9-14)12-6-10-15-4-2/h14-15H,3-13H2,1-2H3. The van der Waals surface area contributed by atoms with E-state index >= 15 is 0 Å². The van der Waals surface area contributed by atoms with E-state index in [1.165, 1.54) is 64.7 Å². The zero-order valence-electron chi connectivity index (χ0n) is 11.3. The summed E-state index contributed by atoms with van der Waals surface area (Å²) in [7, 11) is 0. The molecule has 0 spiro atoms. The molecule has 1 fully saturated rings. The van der Waals surface area contributed by atoms with Crippen LogP contribution in [-0.4, -0.2) is 37.6 Å². The average Bonchev–Trinajstić information content (AvgIpc) is 2.51. The normalized spacial score (nSPS) is 23.2. The molecule has 0 aromatic heterocycles. The molecular formula is C14H30N2. The van der Waals surface area contributed by atoms with Crippen LogP contribution in [0.4, 0.5) is 0 Å². The van der Waals surface area contributed by atoms with Crippen molar-refractivity contribution in [1.82, 2.24) is 10.2 Å². The highest BCUT2D eigenvalue weighted by Crippen LogP contribution is 2.21. The zero-order chi connectivity index (χ0) is 11.6. The SMILES string of the molecule is CCCC1CCCN(CCCNCC)CC1. The molecule has 1 aliphatic heterocycles. The van der Waals surface area contributed by atoms with Crippen molar-refractivity contribution in [3.8, 4) is 0 Å². The fraction of sp³-hybridized carbons (Fsp3) is 1.00. The quantitative estimate of drug-likeness (QED) is 0.672. The Kier molecular flexibility index (Phi) is 7.87. The molecule has 16 heavy (non-hydrogen) atoms. The Morgan fingerprint density at radius 2 is 2.06 bits per heavy atom. The molecule has 1 atom stereocenters. The van der Waals surface area contributed by atoms with Crippen molar-refractivity contribution < 1.29 is 0 Å². The maximum Gasteiger partial charge on any atom is -0.000664 e. The molecule has 1 heterocycles. The van der Waals surface area contributed by atoms with Gasteiger partial charge in [-0.05, 0) is 64.3 Å². The number of nitrogens with zero attached hydrogens (tertiary/aromatic N) is 1. The summed E-state index contributed by atoms with van der Waals surface area (Å²) in [5.41, 5.74) is 0. The van der Waals surface area contributed by atoms with E-state index in [-0.39, 0.29) is 0 Å². The van der Waals surface area contributed by atoms with Gasteiger partial charge < -0.3 is 10.2 Å².